The number of hydrogen-bond acceptors (Lipinski definition) is 1. The predicted molar refractivity (Wildman–Crippen MR) is 73.8 cm³/mol. The van der Waals surface area contributed by atoms with Crippen LogP contribution in [0.5, 0.6) is 0 Å². The standard InChI is InChI=1S/C16H25N/c1-3-13-9-5-7-11-15(13)16(17)14-10-6-4-8-12(14)2/h4,6,8,10,13,15-16H,3,5,7,9,11,17H2,1-2H3. The number of benzene rings is 1. The third kappa shape index (κ3) is 2.71. The van der Waals surface area contributed by atoms with E-state index >= 15 is 0 Å². The van der Waals surface area contributed by atoms with Crippen LogP contribution in [0, 0.1) is 18.8 Å². The normalized spacial score (nSPS) is 26.8. The molecule has 1 aliphatic rings. The smallest absolute Gasteiger partial charge is 0.0328 e. The Bertz CT molecular complexity index is 358. The average Bonchev–Trinajstić information content (AvgIpc) is 2.38. The molecule has 1 aliphatic carbocycles. The Morgan fingerprint density at radius 1 is 1.24 bits per heavy atom. The lowest BCUT2D eigenvalue weighted by Crippen LogP contribution is -2.30. The zero-order chi connectivity index (χ0) is 12.3. The monoisotopic (exact) mass is 231 g/mol. The Hall–Kier alpha value is -0.820. The molecule has 2 rings (SSSR count). The summed E-state index contributed by atoms with van der Waals surface area (Å²) in [4.78, 5) is 0. The highest BCUT2D eigenvalue weighted by Crippen LogP contribution is 2.39. The number of rotatable bonds is 3. The molecule has 1 saturated carbocycles. The summed E-state index contributed by atoms with van der Waals surface area (Å²) in [6.07, 6.45) is 6.73. The van der Waals surface area contributed by atoms with Gasteiger partial charge in [-0.2, -0.15) is 0 Å². The molecular weight excluding hydrogens is 206 g/mol. The highest BCUT2D eigenvalue weighted by molar-refractivity contribution is 5.29. The van der Waals surface area contributed by atoms with E-state index in [9.17, 15) is 0 Å². The highest BCUT2D eigenvalue weighted by atomic mass is 14.7. The molecule has 1 nitrogen and oxygen atoms in total. The third-order valence-corrected chi connectivity index (χ3v) is 4.50. The van der Waals surface area contributed by atoms with Crippen molar-refractivity contribution in [3.05, 3.63) is 35.4 Å². The maximum Gasteiger partial charge on any atom is 0.0328 e. The molecule has 1 aromatic rings. The van der Waals surface area contributed by atoms with Crippen LogP contribution in [-0.4, -0.2) is 0 Å². The fourth-order valence-corrected chi connectivity index (χ4v) is 3.41. The van der Waals surface area contributed by atoms with E-state index in [0.29, 0.717) is 5.92 Å². The van der Waals surface area contributed by atoms with Gasteiger partial charge in [0.2, 0.25) is 0 Å². The first-order chi connectivity index (χ1) is 8.24. The van der Waals surface area contributed by atoms with Crippen molar-refractivity contribution in [3.8, 4) is 0 Å². The molecule has 0 aromatic heterocycles. The van der Waals surface area contributed by atoms with Gasteiger partial charge in [0.15, 0.2) is 0 Å². The van der Waals surface area contributed by atoms with Gasteiger partial charge in [-0.3, -0.25) is 0 Å². The molecule has 1 fully saturated rings. The van der Waals surface area contributed by atoms with Crippen LogP contribution in [0.1, 0.15) is 56.2 Å². The van der Waals surface area contributed by atoms with Crippen LogP contribution >= 0.6 is 0 Å². The molecule has 0 spiro atoms. The molecule has 1 heteroatoms. The van der Waals surface area contributed by atoms with E-state index < -0.39 is 0 Å². The van der Waals surface area contributed by atoms with Gasteiger partial charge in [-0.05, 0) is 36.3 Å². The predicted octanol–water partition coefficient (Wildman–Crippen LogP) is 4.21. The van der Waals surface area contributed by atoms with Crippen molar-refractivity contribution in [2.75, 3.05) is 0 Å². The van der Waals surface area contributed by atoms with Gasteiger partial charge >= 0.3 is 0 Å². The van der Waals surface area contributed by atoms with E-state index in [4.69, 9.17) is 5.73 Å². The Kier molecular flexibility index (Phi) is 4.22. The lowest BCUT2D eigenvalue weighted by molar-refractivity contribution is 0.196. The van der Waals surface area contributed by atoms with Crippen molar-refractivity contribution >= 4 is 0 Å². The Labute approximate surface area is 105 Å². The van der Waals surface area contributed by atoms with Gasteiger partial charge in [-0.1, -0.05) is 56.9 Å². The molecule has 0 heterocycles. The SMILES string of the molecule is CCC1CCCCC1C(N)c1ccccc1C. The largest absolute Gasteiger partial charge is 0.324 e. The fourth-order valence-electron chi connectivity index (χ4n) is 3.41. The molecular formula is C16H25N. The molecule has 0 amide bonds. The molecule has 0 saturated heterocycles. The lowest BCUT2D eigenvalue weighted by Gasteiger charge is -2.35. The molecule has 0 bridgehead atoms. The quantitative estimate of drug-likeness (QED) is 0.828. The van der Waals surface area contributed by atoms with Gasteiger partial charge < -0.3 is 5.73 Å². The average molecular weight is 231 g/mol. The maximum atomic E-state index is 6.54. The number of aryl methyl sites for hydroxylation is 1. The van der Waals surface area contributed by atoms with Gasteiger partial charge in [0.1, 0.15) is 0 Å². The van der Waals surface area contributed by atoms with Gasteiger partial charge in [0, 0.05) is 6.04 Å². The van der Waals surface area contributed by atoms with Gasteiger partial charge in [-0.15, -0.1) is 0 Å². The van der Waals surface area contributed by atoms with Crippen LogP contribution < -0.4 is 5.73 Å². The van der Waals surface area contributed by atoms with Gasteiger partial charge in [-0.25, -0.2) is 0 Å². The minimum atomic E-state index is 0.237. The Balaban J connectivity index is 2.18. The summed E-state index contributed by atoms with van der Waals surface area (Å²) in [6.45, 7) is 4.49. The topological polar surface area (TPSA) is 26.0 Å². The zero-order valence-electron chi connectivity index (χ0n) is 11.2. The first kappa shape index (κ1) is 12.6. The first-order valence-electron chi connectivity index (χ1n) is 7.05. The third-order valence-electron chi connectivity index (χ3n) is 4.50. The van der Waals surface area contributed by atoms with Crippen LogP contribution in [0.4, 0.5) is 0 Å². The van der Waals surface area contributed by atoms with Crippen LogP contribution in [-0.2, 0) is 0 Å². The molecule has 0 aliphatic heterocycles. The summed E-state index contributed by atoms with van der Waals surface area (Å²) in [5.74, 6) is 1.52. The Morgan fingerprint density at radius 3 is 2.65 bits per heavy atom. The van der Waals surface area contributed by atoms with Gasteiger partial charge in [0.25, 0.3) is 0 Å². The second kappa shape index (κ2) is 5.68. The van der Waals surface area contributed by atoms with Crippen LogP contribution in [0.25, 0.3) is 0 Å². The molecule has 0 radical (unpaired) electrons. The van der Waals surface area contributed by atoms with E-state index in [0.717, 1.165) is 5.92 Å². The second-order valence-corrected chi connectivity index (χ2v) is 5.50. The molecule has 2 N–H and O–H groups in total. The van der Waals surface area contributed by atoms with Crippen molar-refractivity contribution in [2.45, 2.75) is 52.0 Å². The highest BCUT2D eigenvalue weighted by Gasteiger charge is 2.29. The summed E-state index contributed by atoms with van der Waals surface area (Å²) >= 11 is 0. The molecule has 17 heavy (non-hydrogen) atoms. The minimum absolute atomic E-state index is 0.237. The van der Waals surface area contributed by atoms with Crippen molar-refractivity contribution in [1.82, 2.24) is 0 Å². The first-order valence-corrected chi connectivity index (χ1v) is 7.05. The summed E-state index contributed by atoms with van der Waals surface area (Å²) in [5.41, 5.74) is 9.24. The van der Waals surface area contributed by atoms with E-state index in [1.807, 2.05) is 0 Å². The number of hydrogen-bond donors (Lipinski definition) is 1. The summed E-state index contributed by atoms with van der Waals surface area (Å²) in [7, 11) is 0. The maximum absolute atomic E-state index is 6.54. The molecule has 3 unspecified atom stereocenters. The summed E-state index contributed by atoms with van der Waals surface area (Å²) in [5, 5.41) is 0. The summed E-state index contributed by atoms with van der Waals surface area (Å²) < 4.78 is 0. The second-order valence-electron chi connectivity index (χ2n) is 5.50. The van der Waals surface area contributed by atoms with Crippen molar-refractivity contribution in [3.63, 3.8) is 0 Å². The van der Waals surface area contributed by atoms with Crippen molar-refractivity contribution < 1.29 is 0 Å². The van der Waals surface area contributed by atoms with E-state index in [1.54, 1.807) is 0 Å². The van der Waals surface area contributed by atoms with E-state index in [2.05, 4.69) is 38.1 Å². The van der Waals surface area contributed by atoms with Crippen molar-refractivity contribution in [1.29, 1.82) is 0 Å². The van der Waals surface area contributed by atoms with Crippen LogP contribution in [0.3, 0.4) is 0 Å². The van der Waals surface area contributed by atoms with E-state index in [1.165, 1.54) is 43.2 Å². The van der Waals surface area contributed by atoms with Crippen LogP contribution in [0.2, 0.25) is 0 Å². The Morgan fingerprint density at radius 2 is 1.94 bits per heavy atom. The minimum Gasteiger partial charge on any atom is -0.324 e. The molecule has 94 valence electrons. The molecule has 3 atom stereocenters. The summed E-state index contributed by atoms with van der Waals surface area (Å²) in [6, 6.07) is 8.84. The van der Waals surface area contributed by atoms with Gasteiger partial charge in [0.05, 0.1) is 0 Å². The number of nitrogens with two attached hydrogens (primary N) is 1. The molecule has 1 aromatic carbocycles. The van der Waals surface area contributed by atoms with E-state index in [-0.39, 0.29) is 6.04 Å². The lowest BCUT2D eigenvalue weighted by atomic mass is 9.72. The zero-order valence-corrected chi connectivity index (χ0v) is 11.2. The van der Waals surface area contributed by atoms with Crippen LogP contribution in [0.15, 0.2) is 24.3 Å². The van der Waals surface area contributed by atoms with Crippen molar-refractivity contribution in [2.24, 2.45) is 17.6 Å². The fraction of sp³-hybridized carbons (Fsp3) is 0.625.